The molecule has 0 aliphatic carbocycles. The van der Waals surface area contributed by atoms with Crippen LogP contribution in [0.25, 0.3) is 16.8 Å². The lowest BCUT2D eigenvalue weighted by molar-refractivity contribution is 0.1000. The first-order valence-corrected chi connectivity index (χ1v) is 16.4. The van der Waals surface area contributed by atoms with E-state index in [0.29, 0.717) is 34.3 Å². The molecule has 2 aromatic carbocycles. The third kappa shape index (κ3) is 6.57. The number of aromatic nitrogens is 3. The zero-order valence-corrected chi connectivity index (χ0v) is 26.5. The van der Waals surface area contributed by atoms with E-state index in [0.717, 1.165) is 44.7 Å². The van der Waals surface area contributed by atoms with Gasteiger partial charge >= 0.3 is 0 Å². The van der Waals surface area contributed by atoms with Crippen molar-refractivity contribution in [3.05, 3.63) is 71.9 Å². The molecule has 0 unspecified atom stereocenters. The maximum absolute atomic E-state index is 12.1. The number of primary amides is 1. The molecular weight excluding hydrogens is 578 g/mol. The number of nitrogens with zero attached hydrogens (tertiary/aromatic N) is 5. The summed E-state index contributed by atoms with van der Waals surface area (Å²) in [6.07, 6.45) is 4.01. The van der Waals surface area contributed by atoms with Crippen molar-refractivity contribution in [2.24, 2.45) is 5.73 Å². The highest BCUT2D eigenvalue weighted by Crippen LogP contribution is 2.32. The van der Waals surface area contributed by atoms with Crippen molar-refractivity contribution in [1.82, 2.24) is 19.5 Å². The van der Waals surface area contributed by atoms with Gasteiger partial charge in [-0.3, -0.25) is 9.35 Å². The van der Waals surface area contributed by atoms with Crippen LogP contribution in [0.15, 0.2) is 60.8 Å². The summed E-state index contributed by atoms with van der Waals surface area (Å²) in [5, 5.41) is 8.00. The number of carbonyl (C=O) groups excluding carboxylic acids is 1. The van der Waals surface area contributed by atoms with E-state index < -0.39 is 20.8 Å². The van der Waals surface area contributed by atoms with Crippen LogP contribution in [0.2, 0.25) is 0 Å². The molecule has 1 aliphatic rings. The standard InChI is InChI=1S/C32H41N7O4S/c1-5-37(6-2)26-15-17-38(18-16-26)25-11-9-24(10-12-25)35-31-34-21-27-13-14-29(39(27)36-31)28-19-22(30(33)40)7-8-23(28)20-32(3,4)44(41,42)43/h7-14,19,21,26H,5-6,15-18,20H2,1-4H3,(H2,33,40)(H,35,36)(H,41,42,43). The molecular formula is C32H41N7O4S. The molecule has 4 N–H and O–H groups in total. The number of carbonyl (C=O) groups is 1. The summed E-state index contributed by atoms with van der Waals surface area (Å²) >= 11 is 0. The van der Waals surface area contributed by atoms with Gasteiger partial charge in [-0.1, -0.05) is 19.9 Å². The number of benzene rings is 2. The molecule has 3 heterocycles. The van der Waals surface area contributed by atoms with Crippen molar-refractivity contribution >= 4 is 38.9 Å². The first kappa shape index (κ1) is 31.4. The zero-order valence-electron chi connectivity index (χ0n) is 25.7. The molecule has 12 heteroatoms. The first-order chi connectivity index (χ1) is 20.9. The SMILES string of the molecule is CCN(CC)C1CCN(c2ccc(Nc3ncc4ccc(-c5cc(C(N)=O)ccc5CC(C)(C)S(=O)(=O)O)n4n3)cc2)CC1. The van der Waals surface area contributed by atoms with Gasteiger partial charge in [0.2, 0.25) is 11.9 Å². The Morgan fingerprint density at radius 3 is 2.36 bits per heavy atom. The van der Waals surface area contributed by atoms with Crippen molar-refractivity contribution in [2.75, 3.05) is 36.4 Å². The summed E-state index contributed by atoms with van der Waals surface area (Å²) in [4.78, 5) is 21.5. The van der Waals surface area contributed by atoms with Crippen LogP contribution in [0.3, 0.4) is 0 Å². The largest absolute Gasteiger partial charge is 0.371 e. The Bertz CT molecular complexity index is 1740. The Hall–Kier alpha value is -4.00. The van der Waals surface area contributed by atoms with Gasteiger partial charge in [0, 0.05) is 41.6 Å². The molecule has 44 heavy (non-hydrogen) atoms. The highest BCUT2D eigenvalue weighted by Gasteiger charge is 2.34. The van der Waals surface area contributed by atoms with E-state index in [1.54, 1.807) is 28.9 Å². The number of fused-ring (bicyclic) bond motifs is 1. The fourth-order valence-electron chi connectivity index (χ4n) is 5.95. The summed E-state index contributed by atoms with van der Waals surface area (Å²) in [5.41, 5.74) is 10.4. The molecule has 5 rings (SSSR count). The predicted octanol–water partition coefficient (Wildman–Crippen LogP) is 4.76. The molecule has 11 nitrogen and oxygen atoms in total. The maximum Gasteiger partial charge on any atom is 0.270 e. The van der Waals surface area contributed by atoms with Crippen LogP contribution in [0.1, 0.15) is 56.5 Å². The molecule has 0 bridgehead atoms. The van der Waals surface area contributed by atoms with E-state index in [1.807, 2.05) is 24.3 Å². The van der Waals surface area contributed by atoms with Gasteiger partial charge in [0.05, 0.1) is 22.2 Å². The van der Waals surface area contributed by atoms with Crippen LogP contribution in [0.5, 0.6) is 0 Å². The molecule has 1 saturated heterocycles. The van der Waals surface area contributed by atoms with Crippen LogP contribution in [-0.2, 0) is 16.5 Å². The number of hydrogen-bond acceptors (Lipinski definition) is 8. The Morgan fingerprint density at radius 1 is 1.07 bits per heavy atom. The average molecular weight is 620 g/mol. The quantitative estimate of drug-likeness (QED) is 0.202. The molecule has 0 radical (unpaired) electrons. The molecule has 1 amide bonds. The van der Waals surface area contributed by atoms with Crippen molar-refractivity contribution in [3.8, 4) is 11.3 Å². The van der Waals surface area contributed by atoms with Gasteiger partial charge in [0.15, 0.2) is 0 Å². The Balaban J connectivity index is 1.39. The van der Waals surface area contributed by atoms with Gasteiger partial charge in [-0.15, -0.1) is 5.10 Å². The van der Waals surface area contributed by atoms with Crippen LogP contribution in [0.4, 0.5) is 17.3 Å². The summed E-state index contributed by atoms with van der Waals surface area (Å²) in [5.74, 6) is -0.241. The molecule has 1 aliphatic heterocycles. The Morgan fingerprint density at radius 2 is 1.75 bits per heavy atom. The van der Waals surface area contributed by atoms with Gasteiger partial charge in [0.25, 0.3) is 10.1 Å². The smallest absolute Gasteiger partial charge is 0.270 e. The molecule has 0 saturated carbocycles. The minimum absolute atomic E-state index is 0.00309. The highest BCUT2D eigenvalue weighted by molar-refractivity contribution is 7.87. The third-order valence-corrected chi connectivity index (χ3v) is 10.2. The minimum atomic E-state index is -4.35. The van der Waals surface area contributed by atoms with Crippen LogP contribution >= 0.6 is 0 Å². The minimum Gasteiger partial charge on any atom is -0.371 e. The van der Waals surface area contributed by atoms with Crippen LogP contribution in [0, 0.1) is 0 Å². The number of piperidine rings is 1. The second kappa shape index (κ2) is 12.5. The van der Waals surface area contributed by atoms with E-state index in [-0.39, 0.29) is 12.0 Å². The van der Waals surface area contributed by atoms with E-state index in [1.165, 1.54) is 19.5 Å². The molecule has 2 aromatic heterocycles. The predicted molar refractivity (Wildman–Crippen MR) is 174 cm³/mol. The van der Waals surface area contributed by atoms with E-state index in [9.17, 15) is 17.8 Å². The second-order valence-corrected chi connectivity index (χ2v) is 14.0. The lowest BCUT2D eigenvalue weighted by atomic mass is 9.94. The summed E-state index contributed by atoms with van der Waals surface area (Å²) in [6.45, 7) is 11.6. The van der Waals surface area contributed by atoms with Gasteiger partial charge in [-0.25, -0.2) is 9.50 Å². The number of anilines is 3. The molecule has 0 spiro atoms. The maximum atomic E-state index is 12.1. The molecule has 4 aromatic rings. The average Bonchev–Trinajstić information content (AvgIpc) is 3.41. The topological polar surface area (TPSA) is 146 Å². The summed E-state index contributed by atoms with van der Waals surface area (Å²) in [6, 6.07) is 17.4. The monoisotopic (exact) mass is 619 g/mol. The van der Waals surface area contributed by atoms with Crippen molar-refractivity contribution in [2.45, 2.75) is 57.7 Å². The van der Waals surface area contributed by atoms with E-state index >= 15 is 0 Å². The van der Waals surface area contributed by atoms with Crippen molar-refractivity contribution in [3.63, 3.8) is 0 Å². The second-order valence-electron chi connectivity index (χ2n) is 11.9. The van der Waals surface area contributed by atoms with Crippen LogP contribution in [-0.4, -0.2) is 75.3 Å². The van der Waals surface area contributed by atoms with Crippen LogP contribution < -0.4 is 16.0 Å². The number of rotatable bonds is 11. The number of amides is 1. The van der Waals surface area contributed by atoms with Crippen molar-refractivity contribution in [1.29, 1.82) is 0 Å². The van der Waals surface area contributed by atoms with E-state index in [4.69, 9.17) is 10.8 Å². The Kier molecular flexibility index (Phi) is 8.96. The van der Waals surface area contributed by atoms with Crippen molar-refractivity contribution < 1.29 is 17.8 Å². The first-order valence-electron chi connectivity index (χ1n) is 15.0. The normalized spacial score (nSPS) is 14.8. The summed E-state index contributed by atoms with van der Waals surface area (Å²) in [7, 11) is -4.35. The zero-order chi connectivity index (χ0) is 31.6. The lowest BCUT2D eigenvalue weighted by Gasteiger charge is -2.38. The molecule has 234 valence electrons. The number of hydrogen-bond donors (Lipinski definition) is 3. The highest BCUT2D eigenvalue weighted by atomic mass is 32.2. The number of nitrogens with two attached hydrogens (primary N) is 1. The van der Waals surface area contributed by atoms with Gasteiger partial charge < -0.3 is 20.9 Å². The van der Waals surface area contributed by atoms with E-state index in [2.05, 4.69) is 46.1 Å². The molecule has 0 atom stereocenters. The fraction of sp³-hybridized carbons (Fsp3) is 0.406. The lowest BCUT2D eigenvalue weighted by Crippen LogP contribution is -2.44. The Labute approximate surface area is 258 Å². The third-order valence-electron chi connectivity index (χ3n) is 8.67. The summed E-state index contributed by atoms with van der Waals surface area (Å²) < 4.78 is 34.2. The number of nitrogens with one attached hydrogen (secondary N) is 1. The van der Waals surface area contributed by atoms with Gasteiger partial charge in [0.1, 0.15) is 0 Å². The van der Waals surface area contributed by atoms with Gasteiger partial charge in [-0.05, 0) is 100 Å². The van der Waals surface area contributed by atoms with Gasteiger partial charge in [-0.2, -0.15) is 8.42 Å². The molecule has 1 fully saturated rings. The fourth-order valence-corrected chi connectivity index (χ4v) is 6.29.